The van der Waals surface area contributed by atoms with Crippen LogP contribution in [0.2, 0.25) is 0 Å². The number of aliphatic hydroxyl groups excluding tert-OH is 3. The minimum Gasteiger partial charge on any atom is -0.394 e. The fraction of sp³-hybridized carbons (Fsp3) is 1.00. The first-order valence-electron chi connectivity index (χ1n) is 4.33. The molecule has 0 aromatic heterocycles. The van der Waals surface area contributed by atoms with E-state index in [9.17, 15) is 10.2 Å². The zero-order valence-corrected chi connectivity index (χ0v) is 8.16. The Bertz CT molecular complexity index is 175. The highest BCUT2D eigenvalue weighted by atomic mass is 16.7. The number of hydrogen-bond acceptors (Lipinski definition) is 6. The van der Waals surface area contributed by atoms with E-state index in [1.54, 1.807) is 0 Å². The fourth-order valence-electron chi connectivity index (χ4n) is 1.60. The Labute approximate surface area is 82.0 Å². The quantitative estimate of drug-likeness (QED) is 0.501. The van der Waals surface area contributed by atoms with Crippen molar-refractivity contribution in [2.24, 2.45) is 0 Å². The van der Waals surface area contributed by atoms with E-state index in [-0.39, 0.29) is 6.61 Å². The topological polar surface area (TPSA) is 88.4 Å². The third-order valence-corrected chi connectivity index (χ3v) is 2.36. The van der Waals surface area contributed by atoms with E-state index in [0.717, 1.165) is 0 Å². The second kappa shape index (κ2) is 5.01. The largest absolute Gasteiger partial charge is 0.394 e. The van der Waals surface area contributed by atoms with E-state index in [1.165, 1.54) is 14.2 Å². The van der Waals surface area contributed by atoms with E-state index in [0.29, 0.717) is 0 Å². The van der Waals surface area contributed by atoms with Gasteiger partial charge < -0.3 is 29.5 Å². The molecule has 1 aliphatic heterocycles. The lowest BCUT2D eigenvalue weighted by atomic mass is 9.99. The van der Waals surface area contributed by atoms with Crippen LogP contribution in [0.4, 0.5) is 0 Å². The van der Waals surface area contributed by atoms with Gasteiger partial charge in [-0.3, -0.25) is 0 Å². The summed E-state index contributed by atoms with van der Waals surface area (Å²) in [7, 11) is 2.75. The molecule has 3 N–H and O–H groups in total. The molecule has 6 nitrogen and oxygen atoms in total. The van der Waals surface area contributed by atoms with E-state index in [4.69, 9.17) is 19.3 Å². The zero-order chi connectivity index (χ0) is 10.7. The van der Waals surface area contributed by atoms with E-state index in [1.807, 2.05) is 0 Å². The van der Waals surface area contributed by atoms with Gasteiger partial charge in [-0.25, -0.2) is 0 Å². The zero-order valence-electron chi connectivity index (χ0n) is 8.16. The van der Waals surface area contributed by atoms with Crippen LogP contribution in [-0.4, -0.2) is 66.9 Å². The first-order chi connectivity index (χ1) is 6.65. The van der Waals surface area contributed by atoms with Crippen molar-refractivity contribution >= 4 is 0 Å². The lowest BCUT2D eigenvalue weighted by Gasteiger charge is -2.40. The maximum atomic E-state index is 9.70. The lowest BCUT2D eigenvalue weighted by Crippen LogP contribution is -2.59. The van der Waals surface area contributed by atoms with Crippen LogP contribution < -0.4 is 0 Å². The third kappa shape index (κ3) is 2.05. The summed E-state index contributed by atoms with van der Waals surface area (Å²) in [4.78, 5) is 0. The number of ether oxygens (including phenoxy) is 3. The SMILES string of the molecule is COC1C(O)OC(CO)[C@@H](OC)[C@@H]1O. The summed E-state index contributed by atoms with van der Waals surface area (Å²) < 4.78 is 14.8. The van der Waals surface area contributed by atoms with Crippen LogP contribution >= 0.6 is 0 Å². The molecule has 1 rings (SSSR count). The molecule has 0 aliphatic carbocycles. The minimum absolute atomic E-state index is 0.330. The van der Waals surface area contributed by atoms with Crippen molar-refractivity contribution in [1.29, 1.82) is 0 Å². The number of aliphatic hydroxyl groups is 3. The molecule has 0 spiro atoms. The molecule has 14 heavy (non-hydrogen) atoms. The summed E-state index contributed by atoms with van der Waals surface area (Å²) >= 11 is 0. The molecule has 5 atom stereocenters. The van der Waals surface area contributed by atoms with Gasteiger partial charge in [-0.15, -0.1) is 0 Å². The van der Waals surface area contributed by atoms with Gasteiger partial charge in [0.25, 0.3) is 0 Å². The molecule has 1 saturated heterocycles. The molecule has 84 valence electrons. The first kappa shape index (κ1) is 11.8. The molecular weight excluding hydrogens is 192 g/mol. The normalized spacial score (nSPS) is 43.9. The van der Waals surface area contributed by atoms with Crippen LogP contribution in [0.15, 0.2) is 0 Å². The summed E-state index contributed by atoms with van der Waals surface area (Å²) in [6, 6.07) is 0. The Hall–Kier alpha value is -0.240. The summed E-state index contributed by atoms with van der Waals surface area (Å²) in [6.45, 7) is -0.330. The summed E-state index contributed by atoms with van der Waals surface area (Å²) in [5.41, 5.74) is 0. The third-order valence-electron chi connectivity index (χ3n) is 2.36. The molecule has 3 unspecified atom stereocenters. The maximum Gasteiger partial charge on any atom is 0.184 e. The highest BCUT2D eigenvalue weighted by molar-refractivity contribution is 4.90. The molecule has 0 aromatic rings. The monoisotopic (exact) mass is 208 g/mol. The molecule has 1 aliphatic rings. The molecule has 6 heteroatoms. The van der Waals surface area contributed by atoms with Gasteiger partial charge in [-0.1, -0.05) is 0 Å². The van der Waals surface area contributed by atoms with Crippen LogP contribution in [0.25, 0.3) is 0 Å². The van der Waals surface area contributed by atoms with Crippen LogP contribution in [0, 0.1) is 0 Å². The Morgan fingerprint density at radius 2 is 1.71 bits per heavy atom. The van der Waals surface area contributed by atoms with Gasteiger partial charge in [-0.05, 0) is 0 Å². The van der Waals surface area contributed by atoms with E-state index < -0.39 is 30.7 Å². The van der Waals surface area contributed by atoms with E-state index >= 15 is 0 Å². The molecule has 1 fully saturated rings. The van der Waals surface area contributed by atoms with Gasteiger partial charge in [0.05, 0.1) is 6.61 Å². The standard InChI is InChI=1S/C8H16O6/c1-12-6-4(3-9)14-8(11)7(13-2)5(6)10/h4-11H,3H2,1-2H3/t4?,5-,6+,7?,8?/m0/s1. The lowest BCUT2D eigenvalue weighted by molar-refractivity contribution is -0.295. The molecular formula is C8H16O6. The van der Waals surface area contributed by atoms with Crippen molar-refractivity contribution < 1.29 is 29.5 Å². The highest BCUT2D eigenvalue weighted by Gasteiger charge is 2.44. The average Bonchev–Trinajstić information content (AvgIpc) is 2.17. The Morgan fingerprint density at radius 1 is 1.14 bits per heavy atom. The van der Waals surface area contributed by atoms with Gasteiger partial charge >= 0.3 is 0 Å². The number of rotatable bonds is 3. The maximum absolute atomic E-state index is 9.70. The van der Waals surface area contributed by atoms with Crippen molar-refractivity contribution in [3.05, 3.63) is 0 Å². The fourth-order valence-corrected chi connectivity index (χ4v) is 1.60. The smallest absolute Gasteiger partial charge is 0.184 e. The number of hydrogen-bond donors (Lipinski definition) is 3. The van der Waals surface area contributed by atoms with Crippen LogP contribution in [0.3, 0.4) is 0 Å². The Balaban J connectivity index is 2.72. The van der Waals surface area contributed by atoms with Crippen molar-refractivity contribution in [1.82, 2.24) is 0 Å². The van der Waals surface area contributed by atoms with Crippen molar-refractivity contribution in [2.45, 2.75) is 30.7 Å². The molecule has 0 saturated carbocycles. The van der Waals surface area contributed by atoms with Crippen LogP contribution in [-0.2, 0) is 14.2 Å². The highest BCUT2D eigenvalue weighted by Crippen LogP contribution is 2.23. The summed E-state index contributed by atoms with van der Waals surface area (Å²) in [6.07, 6.45) is -4.57. The van der Waals surface area contributed by atoms with Crippen molar-refractivity contribution in [3.8, 4) is 0 Å². The van der Waals surface area contributed by atoms with Crippen LogP contribution in [0.5, 0.6) is 0 Å². The van der Waals surface area contributed by atoms with Crippen LogP contribution in [0.1, 0.15) is 0 Å². The Kier molecular flexibility index (Phi) is 4.24. The molecule has 0 amide bonds. The summed E-state index contributed by atoms with van der Waals surface area (Å²) in [5, 5.41) is 28.0. The predicted octanol–water partition coefficient (Wildman–Crippen LogP) is -1.91. The molecule has 0 radical (unpaired) electrons. The summed E-state index contributed by atoms with van der Waals surface area (Å²) in [5.74, 6) is 0. The average molecular weight is 208 g/mol. The predicted molar refractivity (Wildman–Crippen MR) is 45.6 cm³/mol. The molecule has 0 aromatic carbocycles. The first-order valence-corrected chi connectivity index (χ1v) is 4.33. The molecule has 1 heterocycles. The second-order valence-electron chi connectivity index (χ2n) is 3.14. The van der Waals surface area contributed by atoms with Crippen molar-refractivity contribution in [3.63, 3.8) is 0 Å². The number of methoxy groups -OCH3 is 2. The minimum atomic E-state index is -1.25. The molecule has 0 bridgehead atoms. The van der Waals surface area contributed by atoms with Gasteiger partial charge in [0.2, 0.25) is 0 Å². The van der Waals surface area contributed by atoms with Gasteiger partial charge in [0, 0.05) is 14.2 Å². The van der Waals surface area contributed by atoms with E-state index in [2.05, 4.69) is 0 Å². The van der Waals surface area contributed by atoms with Gasteiger partial charge in [0.1, 0.15) is 24.4 Å². The second-order valence-corrected chi connectivity index (χ2v) is 3.14. The van der Waals surface area contributed by atoms with Gasteiger partial charge in [-0.2, -0.15) is 0 Å². The van der Waals surface area contributed by atoms with Crippen molar-refractivity contribution in [2.75, 3.05) is 20.8 Å². The Morgan fingerprint density at radius 3 is 2.14 bits per heavy atom. The van der Waals surface area contributed by atoms with Gasteiger partial charge in [0.15, 0.2) is 6.29 Å².